The van der Waals surface area contributed by atoms with E-state index in [1.165, 1.54) is 11.3 Å². The Labute approximate surface area is 189 Å². The molecule has 3 aliphatic rings. The fraction of sp³-hybridized carbons (Fsp3) is 0.826. The molecule has 2 heterocycles. The Morgan fingerprint density at radius 2 is 2.06 bits per heavy atom. The van der Waals surface area contributed by atoms with Crippen LogP contribution in [-0.2, 0) is 14.3 Å². The summed E-state index contributed by atoms with van der Waals surface area (Å²) in [6, 6.07) is -1.31. The quantitative estimate of drug-likeness (QED) is 0.588. The highest BCUT2D eigenvalue weighted by Gasteiger charge is 2.45. The maximum atomic E-state index is 13.7. The number of hydrogen-bond acceptors (Lipinski definition) is 6. The highest BCUT2D eigenvalue weighted by atomic mass is 16.5. The lowest BCUT2D eigenvalue weighted by Crippen LogP contribution is -2.51. The first kappa shape index (κ1) is 23.2. The SMILES string of the molecule is CC1(OCCNC(=O)C2CC(O)CN2C(=O)[C@@H](n2cc(C3CC3)nn2)C(C)(C)C)CCC1. The van der Waals surface area contributed by atoms with Gasteiger partial charge in [0.05, 0.1) is 24.0 Å². The van der Waals surface area contributed by atoms with Gasteiger partial charge in [0, 0.05) is 31.6 Å². The summed E-state index contributed by atoms with van der Waals surface area (Å²) in [4.78, 5) is 28.1. The summed E-state index contributed by atoms with van der Waals surface area (Å²) in [7, 11) is 0. The third-order valence-electron chi connectivity index (χ3n) is 6.97. The van der Waals surface area contributed by atoms with Crippen LogP contribution in [0.3, 0.4) is 0 Å². The van der Waals surface area contributed by atoms with Crippen molar-refractivity contribution >= 4 is 11.8 Å². The summed E-state index contributed by atoms with van der Waals surface area (Å²) in [6.45, 7) is 9.01. The van der Waals surface area contributed by atoms with Crippen molar-refractivity contribution in [2.75, 3.05) is 19.7 Å². The summed E-state index contributed by atoms with van der Waals surface area (Å²) in [6.07, 6.45) is 6.88. The molecule has 32 heavy (non-hydrogen) atoms. The van der Waals surface area contributed by atoms with Crippen LogP contribution < -0.4 is 5.32 Å². The summed E-state index contributed by atoms with van der Waals surface area (Å²) < 4.78 is 7.52. The second-order valence-electron chi connectivity index (χ2n) is 11.0. The Bertz CT molecular complexity index is 840. The number of amides is 2. The van der Waals surface area contributed by atoms with Gasteiger partial charge in [0.25, 0.3) is 0 Å². The molecule has 2 saturated carbocycles. The van der Waals surface area contributed by atoms with Gasteiger partial charge in [-0.05, 0) is 44.4 Å². The predicted octanol–water partition coefficient (Wildman–Crippen LogP) is 1.78. The van der Waals surface area contributed by atoms with E-state index < -0.39 is 23.6 Å². The monoisotopic (exact) mass is 447 g/mol. The lowest BCUT2D eigenvalue weighted by molar-refractivity contribution is -0.144. The first-order valence-corrected chi connectivity index (χ1v) is 11.9. The van der Waals surface area contributed by atoms with E-state index in [1.54, 1.807) is 4.68 Å². The number of nitrogens with one attached hydrogen (secondary N) is 1. The summed E-state index contributed by atoms with van der Waals surface area (Å²) in [5, 5.41) is 21.7. The van der Waals surface area contributed by atoms with E-state index in [2.05, 4.69) is 22.6 Å². The van der Waals surface area contributed by atoms with Gasteiger partial charge in [-0.25, -0.2) is 4.68 Å². The van der Waals surface area contributed by atoms with E-state index in [0.29, 0.717) is 19.1 Å². The number of carbonyl (C=O) groups is 2. The number of hydrogen-bond donors (Lipinski definition) is 2. The number of aromatic nitrogens is 3. The number of likely N-dealkylation sites (tertiary alicyclic amines) is 1. The van der Waals surface area contributed by atoms with Gasteiger partial charge in [-0.3, -0.25) is 9.59 Å². The molecule has 1 saturated heterocycles. The van der Waals surface area contributed by atoms with Crippen molar-refractivity contribution in [1.29, 1.82) is 0 Å². The molecular formula is C23H37N5O4. The molecule has 178 valence electrons. The van der Waals surface area contributed by atoms with Crippen LogP contribution in [-0.4, -0.2) is 74.3 Å². The minimum Gasteiger partial charge on any atom is -0.391 e. The topological polar surface area (TPSA) is 110 Å². The molecule has 4 rings (SSSR count). The van der Waals surface area contributed by atoms with Crippen LogP contribution in [0.25, 0.3) is 0 Å². The fourth-order valence-corrected chi connectivity index (χ4v) is 4.73. The molecule has 3 atom stereocenters. The maximum absolute atomic E-state index is 13.7. The Balaban J connectivity index is 1.42. The maximum Gasteiger partial charge on any atom is 0.248 e. The van der Waals surface area contributed by atoms with Crippen LogP contribution in [0.2, 0.25) is 0 Å². The van der Waals surface area contributed by atoms with Crippen molar-refractivity contribution in [2.45, 2.75) is 95.9 Å². The molecule has 2 unspecified atom stereocenters. The first-order valence-electron chi connectivity index (χ1n) is 11.9. The van der Waals surface area contributed by atoms with E-state index in [9.17, 15) is 14.7 Å². The van der Waals surface area contributed by atoms with Crippen LogP contribution in [0.1, 0.15) is 83.9 Å². The molecule has 3 fully saturated rings. The number of nitrogens with zero attached hydrogens (tertiary/aromatic N) is 4. The molecular weight excluding hydrogens is 410 g/mol. The molecule has 0 spiro atoms. The predicted molar refractivity (Wildman–Crippen MR) is 118 cm³/mol. The van der Waals surface area contributed by atoms with Crippen LogP contribution in [0.5, 0.6) is 0 Å². The van der Waals surface area contributed by atoms with E-state index in [4.69, 9.17) is 4.74 Å². The van der Waals surface area contributed by atoms with Crippen LogP contribution >= 0.6 is 0 Å². The van der Waals surface area contributed by atoms with Gasteiger partial charge in [0.2, 0.25) is 11.8 Å². The Kier molecular flexibility index (Phi) is 6.33. The summed E-state index contributed by atoms with van der Waals surface area (Å²) >= 11 is 0. The van der Waals surface area contributed by atoms with E-state index in [-0.39, 0.29) is 30.4 Å². The molecule has 2 amide bonds. The average molecular weight is 448 g/mol. The van der Waals surface area contributed by atoms with Crippen LogP contribution in [0.15, 0.2) is 6.20 Å². The smallest absolute Gasteiger partial charge is 0.248 e. The molecule has 0 radical (unpaired) electrons. The number of aliphatic hydroxyl groups is 1. The van der Waals surface area contributed by atoms with Crippen molar-refractivity contribution in [1.82, 2.24) is 25.2 Å². The Morgan fingerprint density at radius 1 is 1.34 bits per heavy atom. The highest BCUT2D eigenvalue weighted by Crippen LogP contribution is 2.40. The van der Waals surface area contributed by atoms with Crippen molar-refractivity contribution in [3.8, 4) is 0 Å². The van der Waals surface area contributed by atoms with Gasteiger partial charge < -0.3 is 20.1 Å². The number of β-amino-alcohol motifs (C(OH)–C–C–N with tert-alkyl or cyclic N) is 1. The Morgan fingerprint density at radius 3 is 2.66 bits per heavy atom. The average Bonchev–Trinajstić information content (AvgIpc) is 3.30. The molecule has 0 aromatic carbocycles. The Hall–Kier alpha value is -2.00. The van der Waals surface area contributed by atoms with Gasteiger partial charge in [0.1, 0.15) is 12.1 Å². The molecule has 9 nitrogen and oxygen atoms in total. The zero-order valence-electron chi connectivity index (χ0n) is 19.7. The number of ether oxygens (including phenoxy) is 1. The summed E-state index contributed by atoms with van der Waals surface area (Å²) in [5.41, 5.74) is 0.419. The second-order valence-corrected chi connectivity index (χ2v) is 11.0. The third-order valence-corrected chi connectivity index (χ3v) is 6.97. The third kappa shape index (κ3) is 4.98. The van der Waals surface area contributed by atoms with Crippen LogP contribution in [0, 0.1) is 5.41 Å². The van der Waals surface area contributed by atoms with E-state index in [0.717, 1.165) is 31.4 Å². The van der Waals surface area contributed by atoms with E-state index >= 15 is 0 Å². The molecule has 2 N–H and O–H groups in total. The van der Waals surface area contributed by atoms with E-state index in [1.807, 2.05) is 27.0 Å². The molecule has 0 bridgehead atoms. The van der Waals surface area contributed by atoms with Gasteiger partial charge in [0.15, 0.2) is 0 Å². The standard InChI is InChI=1S/C23H37N5O4/c1-22(2,3)19(28-14-17(25-26-28)15-6-7-15)21(31)27-13-16(29)12-18(27)20(30)24-10-11-32-23(4)8-5-9-23/h14-16,18-19,29H,5-13H2,1-4H3,(H,24,30)/t16?,18?,19-/m1/s1. The first-order chi connectivity index (χ1) is 15.1. The fourth-order valence-electron chi connectivity index (χ4n) is 4.73. The normalized spacial score (nSPS) is 26.0. The number of carbonyl (C=O) groups excluding carboxylic acids is 2. The number of aliphatic hydroxyl groups excluding tert-OH is 1. The zero-order chi connectivity index (χ0) is 23.1. The minimum atomic E-state index is -0.724. The van der Waals surface area contributed by atoms with Gasteiger partial charge in [-0.15, -0.1) is 5.10 Å². The van der Waals surface area contributed by atoms with Crippen LogP contribution in [0.4, 0.5) is 0 Å². The van der Waals surface area contributed by atoms with Crippen molar-refractivity contribution < 1.29 is 19.4 Å². The van der Waals surface area contributed by atoms with Crippen molar-refractivity contribution in [3.05, 3.63) is 11.9 Å². The lowest BCUT2D eigenvalue weighted by atomic mass is 9.82. The molecule has 1 aliphatic heterocycles. The molecule has 1 aromatic heterocycles. The highest BCUT2D eigenvalue weighted by molar-refractivity contribution is 5.90. The minimum absolute atomic E-state index is 0.0622. The number of rotatable bonds is 8. The lowest BCUT2D eigenvalue weighted by Gasteiger charge is -2.38. The van der Waals surface area contributed by atoms with Gasteiger partial charge >= 0.3 is 0 Å². The van der Waals surface area contributed by atoms with Crippen molar-refractivity contribution in [3.63, 3.8) is 0 Å². The molecule has 1 aromatic rings. The zero-order valence-corrected chi connectivity index (χ0v) is 19.7. The summed E-state index contributed by atoms with van der Waals surface area (Å²) in [5.74, 6) is -0.0159. The van der Waals surface area contributed by atoms with Gasteiger partial charge in [-0.1, -0.05) is 26.0 Å². The molecule has 9 heteroatoms. The van der Waals surface area contributed by atoms with Crippen molar-refractivity contribution in [2.24, 2.45) is 5.41 Å². The largest absolute Gasteiger partial charge is 0.391 e. The van der Waals surface area contributed by atoms with Gasteiger partial charge in [-0.2, -0.15) is 0 Å². The molecule has 2 aliphatic carbocycles. The second kappa shape index (κ2) is 8.74.